The fourth-order valence-electron chi connectivity index (χ4n) is 1.31. The van der Waals surface area contributed by atoms with Crippen LogP contribution in [0.25, 0.3) is 0 Å². The number of hydrogen-bond acceptors (Lipinski definition) is 2. The molecule has 3 nitrogen and oxygen atoms in total. The van der Waals surface area contributed by atoms with Crippen molar-refractivity contribution in [3.8, 4) is 5.75 Å². The Morgan fingerprint density at radius 1 is 1.32 bits per heavy atom. The number of halogens is 3. The summed E-state index contributed by atoms with van der Waals surface area (Å²) in [7, 11) is 1.50. The van der Waals surface area contributed by atoms with Crippen molar-refractivity contribution in [1.82, 2.24) is 0 Å². The molecule has 1 atom stereocenters. The van der Waals surface area contributed by atoms with Gasteiger partial charge in [0.1, 0.15) is 5.75 Å². The molecule has 1 aromatic carbocycles. The maximum Gasteiger partial charge on any atom is 1.00 e. The van der Waals surface area contributed by atoms with E-state index in [0.29, 0.717) is 11.4 Å². The average Bonchev–Trinajstić information content (AvgIpc) is 2.28. The number of nitrogens with one attached hydrogen (secondary N) is 1. The molecule has 0 heterocycles. The molecule has 0 saturated carbocycles. The van der Waals surface area contributed by atoms with E-state index in [1.807, 2.05) is 0 Å². The number of rotatable bonds is 5. The molecule has 0 bridgehead atoms. The van der Waals surface area contributed by atoms with Crippen molar-refractivity contribution < 1.29 is 73.9 Å². The van der Waals surface area contributed by atoms with Gasteiger partial charge in [0, 0.05) is 12.1 Å². The normalized spacial score (nSPS) is 12.3. The molecule has 0 aliphatic heterocycles. The molecule has 0 spiro atoms. The Hall–Kier alpha value is -0.0187. The summed E-state index contributed by atoms with van der Waals surface area (Å²) < 4.78 is 41.9. The maximum absolute atomic E-state index is 12.3. The van der Waals surface area contributed by atoms with Crippen LogP contribution in [0.2, 0.25) is 5.82 Å². The molecule has 0 aliphatic carbocycles. The van der Waals surface area contributed by atoms with E-state index in [-0.39, 0.29) is 51.4 Å². The van der Waals surface area contributed by atoms with E-state index in [1.54, 1.807) is 24.3 Å². The molecule has 1 rings (SSSR count). The van der Waals surface area contributed by atoms with E-state index in [4.69, 9.17) is 4.74 Å². The largest absolute Gasteiger partial charge is 1.00 e. The van der Waals surface area contributed by atoms with Gasteiger partial charge in [-0.15, -0.1) is 0 Å². The van der Waals surface area contributed by atoms with Crippen molar-refractivity contribution in [1.29, 1.82) is 0 Å². The number of methoxy groups -OCH3 is 1. The molecule has 0 unspecified atom stereocenters. The quantitative estimate of drug-likeness (QED) is 0.793. The average molecular weight is 299 g/mol. The summed E-state index contributed by atoms with van der Waals surface area (Å²) in [5.74, 6) is -1.63. The first-order valence-electron chi connectivity index (χ1n) is 5.47. The van der Waals surface area contributed by atoms with E-state index in [9.17, 15) is 17.7 Å². The standard InChI is InChI=1S/C11H14BF3NO2.K/c1-8(12(13,14)15)7-11(17)16-9-3-5-10(18-2)6-4-9;/h3-6,8H,7H2,1-2H3,(H,16,17);/q-1;+1/t8-;/m1./s1. The van der Waals surface area contributed by atoms with Gasteiger partial charge >= 0.3 is 58.4 Å². The number of hydrogen-bond donors (Lipinski definition) is 1. The van der Waals surface area contributed by atoms with Gasteiger partial charge in [0.2, 0.25) is 5.91 Å². The summed E-state index contributed by atoms with van der Waals surface area (Å²) in [4.78, 5) is 11.4. The van der Waals surface area contributed by atoms with Crippen molar-refractivity contribution in [2.75, 3.05) is 12.4 Å². The Morgan fingerprint density at radius 2 is 1.84 bits per heavy atom. The minimum absolute atomic E-state index is 0. The Bertz CT molecular complexity index is 411. The molecule has 1 N–H and O–H groups in total. The van der Waals surface area contributed by atoms with Crippen LogP contribution in [0.5, 0.6) is 5.75 Å². The number of carbonyl (C=O) groups is 1. The van der Waals surface area contributed by atoms with Crippen molar-refractivity contribution in [3.05, 3.63) is 24.3 Å². The Morgan fingerprint density at radius 3 is 2.26 bits per heavy atom. The van der Waals surface area contributed by atoms with Crippen molar-refractivity contribution in [3.63, 3.8) is 0 Å². The summed E-state index contributed by atoms with van der Waals surface area (Å²) in [5.41, 5.74) is 0.447. The van der Waals surface area contributed by atoms with E-state index >= 15 is 0 Å². The first-order valence-corrected chi connectivity index (χ1v) is 5.47. The first kappa shape index (κ1) is 19.0. The van der Waals surface area contributed by atoms with Gasteiger partial charge in [0.05, 0.1) is 7.11 Å². The van der Waals surface area contributed by atoms with Crippen LogP contribution in [-0.2, 0) is 4.79 Å². The number of ether oxygens (including phenoxy) is 1. The molecular weight excluding hydrogens is 285 g/mol. The van der Waals surface area contributed by atoms with E-state index in [0.717, 1.165) is 6.92 Å². The molecule has 100 valence electrons. The van der Waals surface area contributed by atoms with Gasteiger partial charge in [0.15, 0.2) is 0 Å². The van der Waals surface area contributed by atoms with Gasteiger partial charge in [-0.25, -0.2) is 0 Å². The molecule has 0 radical (unpaired) electrons. The van der Waals surface area contributed by atoms with Gasteiger partial charge in [-0.2, -0.15) is 0 Å². The van der Waals surface area contributed by atoms with Gasteiger partial charge in [-0.05, 0) is 24.3 Å². The van der Waals surface area contributed by atoms with Crippen molar-refractivity contribution in [2.24, 2.45) is 0 Å². The van der Waals surface area contributed by atoms with Gasteiger partial charge in [0.25, 0.3) is 0 Å². The third-order valence-electron chi connectivity index (χ3n) is 2.53. The minimum Gasteiger partial charge on any atom is -0.497 e. The third kappa shape index (κ3) is 6.80. The number of amides is 1. The first-order chi connectivity index (χ1) is 8.32. The van der Waals surface area contributed by atoms with Crippen molar-refractivity contribution in [2.45, 2.75) is 19.2 Å². The van der Waals surface area contributed by atoms with Gasteiger partial charge < -0.3 is 23.0 Å². The van der Waals surface area contributed by atoms with E-state index in [2.05, 4.69) is 5.32 Å². The topological polar surface area (TPSA) is 38.3 Å². The third-order valence-corrected chi connectivity index (χ3v) is 2.53. The van der Waals surface area contributed by atoms with E-state index in [1.165, 1.54) is 7.11 Å². The van der Waals surface area contributed by atoms with Crippen LogP contribution in [0, 0.1) is 0 Å². The van der Waals surface area contributed by atoms with Crippen LogP contribution >= 0.6 is 0 Å². The fourth-order valence-corrected chi connectivity index (χ4v) is 1.31. The zero-order valence-corrected chi connectivity index (χ0v) is 14.2. The monoisotopic (exact) mass is 299 g/mol. The number of anilines is 1. The van der Waals surface area contributed by atoms with Gasteiger partial charge in [-0.1, -0.05) is 12.7 Å². The van der Waals surface area contributed by atoms with Crippen LogP contribution in [0.4, 0.5) is 18.6 Å². The molecule has 8 heteroatoms. The molecule has 19 heavy (non-hydrogen) atoms. The predicted molar refractivity (Wildman–Crippen MR) is 64.7 cm³/mol. The maximum atomic E-state index is 12.3. The predicted octanol–water partition coefficient (Wildman–Crippen LogP) is 0.265. The second kappa shape index (κ2) is 8.31. The molecule has 0 aromatic heterocycles. The summed E-state index contributed by atoms with van der Waals surface area (Å²) in [6.45, 7) is -3.97. The number of carbonyl (C=O) groups excluding carboxylic acids is 1. The van der Waals surface area contributed by atoms with Gasteiger partial charge in [-0.3, -0.25) is 4.79 Å². The zero-order chi connectivity index (χ0) is 13.8. The van der Waals surface area contributed by atoms with Crippen LogP contribution in [-0.4, -0.2) is 20.0 Å². The van der Waals surface area contributed by atoms with E-state index < -0.39 is 25.1 Å². The second-order valence-electron chi connectivity index (χ2n) is 4.08. The molecule has 0 saturated heterocycles. The fraction of sp³-hybridized carbons (Fsp3) is 0.364. The smallest absolute Gasteiger partial charge is 0.497 e. The van der Waals surface area contributed by atoms with Crippen molar-refractivity contribution >= 4 is 18.6 Å². The van der Waals surface area contributed by atoms with Crippen LogP contribution in [0.3, 0.4) is 0 Å². The molecule has 0 aliphatic rings. The summed E-state index contributed by atoms with van der Waals surface area (Å²) in [6.07, 6.45) is -0.560. The summed E-state index contributed by atoms with van der Waals surface area (Å²) in [5, 5.41) is 2.41. The number of benzene rings is 1. The zero-order valence-electron chi connectivity index (χ0n) is 11.1. The van der Waals surface area contributed by atoms with Crippen LogP contribution in [0.1, 0.15) is 13.3 Å². The molecule has 0 fully saturated rings. The SMILES string of the molecule is COc1ccc(NC(=O)C[C@@H](C)[B-](F)(F)F)cc1.[K+]. The summed E-state index contributed by atoms with van der Waals surface area (Å²) >= 11 is 0. The summed E-state index contributed by atoms with van der Waals surface area (Å²) in [6, 6.07) is 6.37. The molecule has 1 aromatic rings. The molecular formula is C11H14BF3KNO2. The van der Waals surface area contributed by atoms with Crippen LogP contribution in [0.15, 0.2) is 24.3 Å². The minimum atomic E-state index is -4.97. The Kier molecular flexibility index (Phi) is 8.30. The van der Waals surface area contributed by atoms with Crippen LogP contribution < -0.4 is 61.4 Å². The second-order valence-corrected chi connectivity index (χ2v) is 4.08. The molecule has 1 amide bonds. The Labute approximate surface area is 152 Å². The Balaban J connectivity index is 0.00000324.